The molecule has 1 saturated carbocycles. The van der Waals surface area contributed by atoms with Crippen molar-refractivity contribution in [1.82, 2.24) is 0 Å². The number of hydrogen-bond donors (Lipinski definition) is 1. The molecule has 110 valence electrons. The van der Waals surface area contributed by atoms with Crippen LogP contribution in [0.5, 0.6) is 0 Å². The van der Waals surface area contributed by atoms with E-state index in [1.807, 2.05) is 12.1 Å². The first-order valence-corrected chi connectivity index (χ1v) is 7.84. The van der Waals surface area contributed by atoms with Crippen LogP contribution in [0.3, 0.4) is 0 Å². The van der Waals surface area contributed by atoms with E-state index < -0.39 is 0 Å². The molecule has 1 aromatic heterocycles. The number of carbonyl (C=O) groups excluding carboxylic acids is 1. The molecule has 0 aliphatic heterocycles. The molecule has 1 aliphatic rings. The monoisotopic (exact) mass is 302 g/mol. The van der Waals surface area contributed by atoms with Crippen LogP contribution in [0.25, 0.3) is 0 Å². The maximum atomic E-state index is 12.0. The number of benzene rings is 1. The summed E-state index contributed by atoms with van der Waals surface area (Å²) in [6.45, 7) is 0.816. The molecule has 1 aliphatic carbocycles. The van der Waals surface area contributed by atoms with Crippen molar-refractivity contribution in [2.45, 2.75) is 25.4 Å². The minimum atomic E-state index is -0.339. The summed E-state index contributed by atoms with van der Waals surface area (Å²) in [5.41, 5.74) is 7.85. The van der Waals surface area contributed by atoms with Crippen LogP contribution in [0, 0.1) is 0 Å². The van der Waals surface area contributed by atoms with E-state index in [1.54, 1.807) is 17.4 Å². The normalized spacial score (nSPS) is 14.0. The molecule has 0 bridgehead atoms. The van der Waals surface area contributed by atoms with Crippen LogP contribution < -0.4 is 10.6 Å². The number of nitrogens with two attached hydrogens (primary N) is 1. The van der Waals surface area contributed by atoms with E-state index in [4.69, 9.17) is 10.5 Å². The largest absolute Gasteiger partial charge is 0.465 e. The topological polar surface area (TPSA) is 55.6 Å². The molecular formula is C16H18N2O2S. The van der Waals surface area contributed by atoms with Gasteiger partial charge in [0.1, 0.15) is 0 Å². The van der Waals surface area contributed by atoms with Gasteiger partial charge in [0, 0.05) is 16.6 Å². The zero-order chi connectivity index (χ0) is 14.8. The number of rotatable bonds is 5. The maximum absolute atomic E-state index is 12.0. The van der Waals surface area contributed by atoms with Crippen molar-refractivity contribution < 1.29 is 9.53 Å². The highest BCUT2D eigenvalue weighted by molar-refractivity contribution is 7.09. The molecule has 0 saturated heterocycles. The van der Waals surface area contributed by atoms with E-state index in [9.17, 15) is 4.79 Å². The Kier molecular flexibility index (Phi) is 3.84. The number of anilines is 2. The molecule has 0 spiro atoms. The van der Waals surface area contributed by atoms with Crippen molar-refractivity contribution in [3.05, 3.63) is 46.2 Å². The number of nitrogens with zero attached hydrogens (tertiary/aromatic N) is 1. The highest BCUT2D eigenvalue weighted by Crippen LogP contribution is 2.36. The van der Waals surface area contributed by atoms with Gasteiger partial charge in [0.15, 0.2) is 0 Å². The average Bonchev–Trinajstić information content (AvgIpc) is 3.21. The standard InChI is InChI=1S/C16H18N2O2S/c1-20-16(19)14-9-11(17)4-7-15(14)18(12-5-6-12)10-13-3-2-8-21-13/h2-4,7-9,12H,5-6,10,17H2,1H3. The summed E-state index contributed by atoms with van der Waals surface area (Å²) >= 11 is 1.73. The zero-order valence-electron chi connectivity index (χ0n) is 11.9. The lowest BCUT2D eigenvalue weighted by atomic mass is 10.1. The molecule has 0 radical (unpaired) electrons. The summed E-state index contributed by atoms with van der Waals surface area (Å²) in [6.07, 6.45) is 2.33. The summed E-state index contributed by atoms with van der Waals surface area (Å²) in [5.74, 6) is -0.339. The molecule has 1 aromatic carbocycles. The molecule has 5 heteroatoms. The van der Waals surface area contributed by atoms with Crippen LogP contribution in [0.1, 0.15) is 28.1 Å². The van der Waals surface area contributed by atoms with E-state index in [2.05, 4.69) is 22.4 Å². The fourth-order valence-corrected chi connectivity index (χ4v) is 3.15. The summed E-state index contributed by atoms with van der Waals surface area (Å²) < 4.78 is 4.90. The minimum absolute atomic E-state index is 0.339. The fourth-order valence-electron chi connectivity index (χ4n) is 2.45. The lowest BCUT2D eigenvalue weighted by Gasteiger charge is -2.26. The first-order chi connectivity index (χ1) is 10.2. The van der Waals surface area contributed by atoms with Gasteiger partial charge in [0.25, 0.3) is 0 Å². The second-order valence-electron chi connectivity index (χ2n) is 5.21. The third kappa shape index (κ3) is 3.03. The Morgan fingerprint density at radius 2 is 2.24 bits per heavy atom. The van der Waals surface area contributed by atoms with E-state index in [0.717, 1.165) is 25.1 Å². The molecule has 0 unspecified atom stereocenters. The van der Waals surface area contributed by atoms with Gasteiger partial charge in [-0.1, -0.05) is 6.07 Å². The lowest BCUT2D eigenvalue weighted by molar-refractivity contribution is 0.0601. The Morgan fingerprint density at radius 3 is 2.86 bits per heavy atom. The van der Waals surface area contributed by atoms with Gasteiger partial charge in [0.2, 0.25) is 0 Å². The first kappa shape index (κ1) is 13.9. The minimum Gasteiger partial charge on any atom is -0.465 e. The molecule has 21 heavy (non-hydrogen) atoms. The third-order valence-electron chi connectivity index (χ3n) is 3.63. The van der Waals surface area contributed by atoms with Gasteiger partial charge >= 0.3 is 5.97 Å². The molecule has 0 amide bonds. The van der Waals surface area contributed by atoms with Gasteiger partial charge < -0.3 is 15.4 Å². The highest BCUT2D eigenvalue weighted by atomic mass is 32.1. The predicted octanol–water partition coefficient (Wildman–Crippen LogP) is 3.29. The van der Waals surface area contributed by atoms with E-state index in [1.165, 1.54) is 12.0 Å². The SMILES string of the molecule is COC(=O)c1cc(N)ccc1N(Cc1cccs1)C1CC1. The molecule has 1 fully saturated rings. The van der Waals surface area contributed by atoms with Gasteiger partial charge in [-0.3, -0.25) is 0 Å². The number of methoxy groups -OCH3 is 1. The average molecular weight is 302 g/mol. The third-order valence-corrected chi connectivity index (χ3v) is 4.49. The molecule has 3 rings (SSSR count). The second-order valence-corrected chi connectivity index (χ2v) is 6.24. The molecular weight excluding hydrogens is 284 g/mol. The maximum Gasteiger partial charge on any atom is 0.340 e. The number of ether oxygens (including phenoxy) is 1. The number of thiophene rings is 1. The van der Waals surface area contributed by atoms with Gasteiger partial charge in [-0.05, 0) is 42.5 Å². The number of hydrogen-bond acceptors (Lipinski definition) is 5. The van der Waals surface area contributed by atoms with Crippen LogP contribution in [0.15, 0.2) is 35.7 Å². The van der Waals surface area contributed by atoms with E-state index in [-0.39, 0.29) is 5.97 Å². The number of carbonyl (C=O) groups is 1. The van der Waals surface area contributed by atoms with E-state index in [0.29, 0.717) is 17.3 Å². The van der Waals surface area contributed by atoms with Crippen LogP contribution in [-0.2, 0) is 11.3 Å². The van der Waals surface area contributed by atoms with Gasteiger partial charge in [-0.15, -0.1) is 11.3 Å². The Morgan fingerprint density at radius 1 is 1.43 bits per heavy atom. The fraction of sp³-hybridized carbons (Fsp3) is 0.312. The molecule has 4 nitrogen and oxygen atoms in total. The molecule has 2 aromatic rings. The number of esters is 1. The van der Waals surface area contributed by atoms with Gasteiger partial charge in [0.05, 0.1) is 24.9 Å². The van der Waals surface area contributed by atoms with E-state index >= 15 is 0 Å². The Balaban J connectivity index is 1.97. The Bertz CT molecular complexity index is 636. The summed E-state index contributed by atoms with van der Waals surface area (Å²) in [7, 11) is 1.40. The summed E-state index contributed by atoms with van der Waals surface area (Å²) in [5, 5.41) is 2.07. The van der Waals surface area contributed by atoms with Crippen molar-refractivity contribution >= 4 is 28.7 Å². The Hall–Kier alpha value is -2.01. The van der Waals surface area contributed by atoms with Crippen LogP contribution in [0.2, 0.25) is 0 Å². The molecule has 1 heterocycles. The summed E-state index contributed by atoms with van der Waals surface area (Å²) in [6, 6.07) is 10.1. The van der Waals surface area contributed by atoms with Crippen LogP contribution >= 0.6 is 11.3 Å². The molecule has 2 N–H and O–H groups in total. The quantitative estimate of drug-likeness (QED) is 0.680. The highest BCUT2D eigenvalue weighted by Gasteiger charge is 2.32. The zero-order valence-corrected chi connectivity index (χ0v) is 12.7. The van der Waals surface area contributed by atoms with Crippen molar-refractivity contribution in [2.75, 3.05) is 17.7 Å². The number of nitrogen functional groups attached to an aromatic ring is 1. The Labute approximate surface area is 128 Å². The van der Waals surface area contributed by atoms with Crippen LogP contribution in [0.4, 0.5) is 11.4 Å². The van der Waals surface area contributed by atoms with Gasteiger partial charge in [-0.2, -0.15) is 0 Å². The second kappa shape index (κ2) is 5.77. The van der Waals surface area contributed by atoms with Gasteiger partial charge in [-0.25, -0.2) is 4.79 Å². The van der Waals surface area contributed by atoms with Crippen molar-refractivity contribution in [3.8, 4) is 0 Å². The van der Waals surface area contributed by atoms with Crippen molar-refractivity contribution in [1.29, 1.82) is 0 Å². The lowest BCUT2D eigenvalue weighted by Crippen LogP contribution is -2.26. The predicted molar refractivity (Wildman–Crippen MR) is 85.7 cm³/mol. The van der Waals surface area contributed by atoms with Crippen molar-refractivity contribution in [3.63, 3.8) is 0 Å². The first-order valence-electron chi connectivity index (χ1n) is 6.96. The summed E-state index contributed by atoms with van der Waals surface area (Å²) in [4.78, 5) is 15.6. The molecule has 0 atom stereocenters. The smallest absolute Gasteiger partial charge is 0.340 e. The van der Waals surface area contributed by atoms with Crippen LogP contribution in [-0.4, -0.2) is 19.1 Å². The van der Waals surface area contributed by atoms with Crippen molar-refractivity contribution in [2.24, 2.45) is 0 Å².